The van der Waals surface area contributed by atoms with Crippen molar-refractivity contribution in [1.82, 2.24) is 16.0 Å². The number of nitrogens with one attached hydrogen (secondary N) is 3. The van der Waals surface area contributed by atoms with Crippen molar-refractivity contribution in [1.29, 1.82) is 0 Å². The number of hydrogen-bond acceptors (Lipinski definition) is 7. The van der Waals surface area contributed by atoms with E-state index in [4.69, 9.17) is 14.5 Å². The van der Waals surface area contributed by atoms with E-state index in [1.807, 2.05) is 44.2 Å². The number of carbonyl (C=O) groups is 4. The molecule has 1 unspecified atom stereocenters. The SMILES string of the molecule is CC(=O)NC(CC(C)(C)c1ccccc1)C1(N=C(NC(=O)OC(C)(C)C)NC(=O)OC(C)(C)C)CC(C(=O)O)C1. The Kier molecular flexibility index (Phi) is 9.99. The van der Waals surface area contributed by atoms with Gasteiger partial charge in [0.15, 0.2) is 0 Å². The molecule has 222 valence electrons. The monoisotopic (exact) mass is 560 g/mol. The summed E-state index contributed by atoms with van der Waals surface area (Å²) in [4.78, 5) is 54.4. The largest absolute Gasteiger partial charge is 0.481 e. The topological polar surface area (TPSA) is 155 Å². The number of rotatable bonds is 7. The fourth-order valence-electron chi connectivity index (χ4n) is 4.67. The van der Waals surface area contributed by atoms with Gasteiger partial charge in [0.1, 0.15) is 11.2 Å². The van der Waals surface area contributed by atoms with Crippen molar-refractivity contribution in [2.75, 3.05) is 0 Å². The Morgan fingerprint density at radius 3 is 1.80 bits per heavy atom. The Morgan fingerprint density at radius 2 is 1.40 bits per heavy atom. The van der Waals surface area contributed by atoms with Gasteiger partial charge in [0.05, 0.1) is 17.5 Å². The van der Waals surface area contributed by atoms with Crippen LogP contribution in [0.3, 0.4) is 0 Å². The number of carboxylic acid groups (broad SMARTS) is 1. The second kappa shape index (κ2) is 12.3. The second-order valence-electron chi connectivity index (χ2n) is 13.0. The first-order chi connectivity index (χ1) is 18.2. The molecule has 0 bridgehead atoms. The van der Waals surface area contributed by atoms with Crippen molar-refractivity contribution < 1.29 is 33.8 Å². The molecule has 1 atom stereocenters. The van der Waals surface area contributed by atoms with Gasteiger partial charge in [-0.2, -0.15) is 0 Å². The van der Waals surface area contributed by atoms with Gasteiger partial charge in [-0.15, -0.1) is 0 Å². The molecule has 1 fully saturated rings. The third-order valence-corrected chi connectivity index (χ3v) is 6.42. The van der Waals surface area contributed by atoms with Crippen molar-refractivity contribution in [3.8, 4) is 0 Å². The fourth-order valence-corrected chi connectivity index (χ4v) is 4.67. The van der Waals surface area contributed by atoms with Crippen LogP contribution in [-0.2, 0) is 24.5 Å². The van der Waals surface area contributed by atoms with Crippen LogP contribution in [0.2, 0.25) is 0 Å². The van der Waals surface area contributed by atoms with E-state index in [9.17, 15) is 24.3 Å². The number of alkyl carbamates (subject to hydrolysis) is 2. The van der Waals surface area contributed by atoms with Crippen LogP contribution in [0.5, 0.6) is 0 Å². The average Bonchev–Trinajstić information content (AvgIpc) is 2.72. The van der Waals surface area contributed by atoms with E-state index in [0.717, 1.165) is 5.56 Å². The van der Waals surface area contributed by atoms with E-state index in [0.29, 0.717) is 6.42 Å². The molecule has 1 aliphatic carbocycles. The van der Waals surface area contributed by atoms with Gasteiger partial charge in [-0.3, -0.25) is 20.2 Å². The Hall–Kier alpha value is -3.63. The van der Waals surface area contributed by atoms with Gasteiger partial charge in [0, 0.05) is 6.92 Å². The molecule has 1 aromatic carbocycles. The summed E-state index contributed by atoms with van der Waals surface area (Å²) in [6.07, 6.45) is -1.18. The van der Waals surface area contributed by atoms with Crippen LogP contribution >= 0.6 is 0 Å². The first-order valence-corrected chi connectivity index (χ1v) is 13.4. The van der Waals surface area contributed by atoms with Crippen molar-refractivity contribution in [2.45, 2.75) is 110 Å². The number of benzene rings is 1. The van der Waals surface area contributed by atoms with Crippen molar-refractivity contribution >= 4 is 30.0 Å². The molecule has 11 nitrogen and oxygen atoms in total. The number of carbonyl (C=O) groups excluding carboxylic acids is 3. The van der Waals surface area contributed by atoms with Gasteiger partial charge in [0.2, 0.25) is 11.9 Å². The van der Waals surface area contributed by atoms with Crippen LogP contribution in [0.15, 0.2) is 35.3 Å². The van der Waals surface area contributed by atoms with Gasteiger partial charge in [0.25, 0.3) is 0 Å². The Balaban J connectivity index is 2.56. The molecule has 0 saturated heterocycles. The average molecular weight is 561 g/mol. The highest BCUT2D eigenvalue weighted by Crippen LogP contribution is 2.47. The lowest BCUT2D eigenvalue weighted by molar-refractivity contribution is -0.147. The summed E-state index contributed by atoms with van der Waals surface area (Å²) >= 11 is 0. The Labute approximate surface area is 236 Å². The zero-order valence-electron chi connectivity index (χ0n) is 25.0. The zero-order chi connectivity index (χ0) is 30.5. The predicted molar refractivity (Wildman–Crippen MR) is 151 cm³/mol. The maximum Gasteiger partial charge on any atom is 0.414 e. The van der Waals surface area contributed by atoms with Crippen LogP contribution in [0.1, 0.15) is 87.1 Å². The van der Waals surface area contributed by atoms with Crippen molar-refractivity contribution in [3.05, 3.63) is 35.9 Å². The Bertz CT molecular complexity index is 1080. The minimum Gasteiger partial charge on any atom is -0.481 e. The minimum absolute atomic E-state index is 0.0770. The molecular weight excluding hydrogens is 516 g/mol. The van der Waals surface area contributed by atoms with E-state index in [-0.39, 0.29) is 24.7 Å². The highest BCUT2D eigenvalue weighted by atomic mass is 16.6. The summed E-state index contributed by atoms with van der Waals surface area (Å²) in [5.41, 5.74) is -2.23. The van der Waals surface area contributed by atoms with E-state index < -0.39 is 52.3 Å². The van der Waals surface area contributed by atoms with Crippen LogP contribution < -0.4 is 16.0 Å². The minimum atomic E-state index is -1.15. The Morgan fingerprint density at radius 1 is 0.925 bits per heavy atom. The number of ether oxygens (including phenoxy) is 2. The molecule has 1 aromatic rings. The molecule has 40 heavy (non-hydrogen) atoms. The number of amides is 3. The predicted octanol–water partition coefficient (Wildman–Crippen LogP) is 4.50. The first-order valence-electron chi connectivity index (χ1n) is 13.4. The lowest BCUT2D eigenvalue weighted by Crippen LogP contribution is -2.62. The van der Waals surface area contributed by atoms with E-state index in [1.165, 1.54) is 6.92 Å². The first kappa shape index (κ1) is 32.6. The van der Waals surface area contributed by atoms with Crippen molar-refractivity contribution in [3.63, 3.8) is 0 Å². The van der Waals surface area contributed by atoms with Crippen LogP contribution in [0, 0.1) is 5.92 Å². The number of guanidine groups is 1. The molecule has 0 aromatic heterocycles. The van der Waals surface area contributed by atoms with E-state index >= 15 is 0 Å². The number of carboxylic acids is 1. The molecule has 0 heterocycles. The summed E-state index contributed by atoms with van der Waals surface area (Å²) in [6.45, 7) is 15.6. The summed E-state index contributed by atoms with van der Waals surface area (Å²) in [5, 5.41) is 17.6. The number of aliphatic carboxylic acids is 1. The van der Waals surface area contributed by atoms with Crippen molar-refractivity contribution in [2.24, 2.45) is 10.9 Å². The number of nitrogens with zero attached hydrogens (tertiary/aromatic N) is 1. The van der Waals surface area contributed by atoms with Gasteiger partial charge >= 0.3 is 18.2 Å². The van der Waals surface area contributed by atoms with E-state index in [2.05, 4.69) is 16.0 Å². The normalized spacial score (nSPS) is 19.8. The standard InChI is InChI=1S/C29H44N4O7/c1-18(34)30-21(17-28(8,9)20-13-11-10-12-14-20)29(15-19(16-29)22(35)36)33-23(31-24(37)39-26(2,3)4)32-25(38)40-27(5,6)7/h10-14,19,21H,15-17H2,1-9H3,(H,30,34)(H,35,36)(H2,31,32,33,37,38). The molecule has 11 heteroatoms. The highest BCUT2D eigenvalue weighted by molar-refractivity contribution is 6.01. The maximum atomic E-state index is 12.7. The van der Waals surface area contributed by atoms with Gasteiger partial charge < -0.3 is 19.9 Å². The zero-order valence-corrected chi connectivity index (χ0v) is 25.0. The van der Waals surface area contributed by atoms with E-state index in [1.54, 1.807) is 41.5 Å². The number of hydrogen-bond donors (Lipinski definition) is 4. The fraction of sp³-hybridized carbons (Fsp3) is 0.621. The number of aliphatic imine (C=N–C) groups is 1. The molecular formula is C29H44N4O7. The maximum absolute atomic E-state index is 12.7. The van der Waals surface area contributed by atoms with Gasteiger partial charge in [-0.05, 0) is 71.8 Å². The lowest BCUT2D eigenvalue weighted by atomic mass is 9.61. The van der Waals surface area contributed by atoms with Crippen LogP contribution in [-0.4, -0.2) is 57.9 Å². The molecule has 0 spiro atoms. The smallest absolute Gasteiger partial charge is 0.414 e. The molecule has 0 aliphatic heterocycles. The summed E-state index contributed by atoms with van der Waals surface area (Å²) in [6, 6.07) is 9.11. The second-order valence-corrected chi connectivity index (χ2v) is 13.0. The quantitative estimate of drug-likeness (QED) is 0.283. The highest BCUT2D eigenvalue weighted by Gasteiger charge is 2.54. The van der Waals surface area contributed by atoms with Gasteiger partial charge in [-0.25, -0.2) is 14.6 Å². The lowest BCUT2D eigenvalue weighted by Gasteiger charge is -2.50. The molecule has 1 aliphatic rings. The molecule has 1 saturated carbocycles. The molecule has 0 radical (unpaired) electrons. The molecule has 2 rings (SSSR count). The van der Waals surface area contributed by atoms with Gasteiger partial charge in [-0.1, -0.05) is 44.2 Å². The molecule has 3 amide bonds. The van der Waals surface area contributed by atoms with Crippen LogP contribution in [0.25, 0.3) is 0 Å². The molecule has 4 N–H and O–H groups in total. The van der Waals surface area contributed by atoms with Crippen LogP contribution in [0.4, 0.5) is 9.59 Å². The summed E-state index contributed by atoms with van der Waals surface area (Å²) in [5.74, 6) is -2.29. The third kappa shape index (κ3) is 9.84. The third-order valence-electron chi connectivity index (χ3n) is 6.42. The summed E-state index contributed by atoms with van der Waals surface area (Å²) in [7, 11) is 0. The summed E-state index contributed by atoms with van der Waals surface area (Å²) < 4.78 is 10.7.